The maximum Gasteiger partial charge on any atom is 0.318 e. The smallest absolute Gasteiger partial charge is 0.318 e. The van der Waals surface area contributed by atoms with Gasteiger partial charge in [0.2, 0.25) is 5.89 Å². The summed E-state index contributed by atoms with van der Waals surface area (Å²) in [6, 6.07) is 0.629. The van der Waals surface area contributed by atoms with Gasteiger partial charge < -0.3 is 19.4 Å². The van der Waals surface area contributed by atoms with Crippen LogP contribution in [0.2, 0.25) is 0 Å². The van der Waals surface area contributed by atoms with Crippen LogP contribution in [0.4, 0.5) is 6.01 Å². The molecule has 1 aliphatic heterocycles. The highest BCUT2D eigenvalue weighted by Gasteiger charge is 2.25. The number of nitrogens with one attached hydrogen (secondary N) is 1. The summed E-state index contributed by atoms with van der Waals surface area (Å²) in [6.07, 6.45) is 1.12. The van der Waals surface area contributed by atoms with Crippen LogP contribution in [0.3, 0.4) is 0 Å². The fraction of sp³-hybridized carbons (Fsp3) is 0.800. The van der Waals surface area contributed by atoms with Crippen molar-refractivity contribution in [1.29, 1.82) is 0 Å². The lowest BCUT2D eigenvalue weighted by molar-refractivity contribution is 0.160. The third kappa shape index (κ3) is 2.51. The van der Waals surface area contributed by atoms with Crippen LogP contribution in [0.15, 0.2) is 4.42 Å². The van der Waals surface area contributed by atoms with E-state index in [2.05, 4.69) is 20.4 Å². The lowest BCUT2D eigenvalue weighted by Crippen LogP contribution is -2.21. The Bertz CT molecular complexity index is 328. The second kappa shape index (κ2) is 5.27. The van der Waals surface area contributed by atoms with Crippen molar-refractivity contribution in [2.24, 2.45) is 5.92 Å². The van der Waals surface area contributed by atoms with Crippen LogP contribution in [-0.4, -0.2) is 44.1 Å². The summed E-state index contributed by atoms with van der Waals surface area (Å²) in [7, 11) is 3.59. The number of ether oxygens (including phenoxy) is 1. The van der Waals surface area contributed by atoms with Crippen LogP contribution in [0, 0.1) is 5.92 Å². The van der Waals surface area contributed by atoms with Crippen molar-refractivity contribution >= 4 is 6.01 Å². The molecule has 0 radical (unpaired) electrons. The molecule has 1 saturated heterocycles. The average molecular weight is 226 g/mol. The lowest BCUT2D eigenvalue weighted by Gasteiger charge is -2.12. The highest BCUT2D eigenvalue weighted by atomic mass is 16.5. The molecule has 0 saturated carbocycles. The van der Waals surface area contributed by atoms with Gasteiger partial charge in [0, 0.05) is 26.1 Å². The van der Waals surface area contributed by atoms with E-state index in [-0.39, 0.29) is 0 Å². The molecule has 0 bridgehead atoms. The number of methoxy groups -OCH3 is 1. The molecule has 0 spiro atoms. The van der Waals surface area contributed by atoms with Gasteiger partial charge in [-0.15, -0.1) is 5.10 Å². The lowest BCUT2D eigenvalue weighted by atomic mass is 10.1. The van der Waals surface area contributed by atoms with Crippen LogP contribution in [0.25, 0.3) is 0 Å². The van der Waals surface area contributed by atoms with Gasteiger partial charge in [0.05, 0.1) is 13.2 Å². The van der Waals surface area contributed by atoms with Crippen molar-refractivity contribution in [2.45, 2.75) is 13.0 Å². The summed E-state index contributed by atoms with van der Waals surface area (Å²) >= 11 is 0. The standard InChI is InChI=1S/C10H18N4O2/c1-11-5-9-12-13-10(16-9)14-4-3-8(6-14)7-15-2/h8,11H,3-7H2,1-2H3. The number of rotatable bonds is 5. The first-order valence-corrected chi connectivity index (χ1v) is 5.54. The molecule has 1 aromatic rings. The first-order valence-electron chi connectivity index (χ1n) is 5.54. The van der Waals surface area contributed by atoms with Crippen LogP contribution >= 0.6 is 0 Å². The van der Waals surface area contributed by atoms with E-state index in [1.807, 2.05) is 7.05 Å². The predicted molar refractivity (Wildman–Crippen MR) is 59.3 cm³/mol. The predicted octanol–water partition coefficient (Wildman–Crippen LogP) is 0.262. The van der Waals surface area contributed by atoms with Crippen molar-refractivity contribution in [2.75, 3.05) is 38.8 Å². The Labute approximate surface area is 95.0 Å². The number of anilines is 1. The second-order valence-corrected chi connectivity index (χ2v) is 4.06. The summed E-state index contributed by atoms with van der Waals surface area (Å²) in [5, 5.41) is 11.0. The topological polar surface area (TPSA) is 63.4 Å². The van der Waals surface area contributed by atoms with Gasteiger partial charge in [0.25, 0.3) is 0 Å². The van der Waals surface area contributed by atoms with E-state index in [0.29, 0.717) is 24.4 Å². The Morgan fingerprint density at radius 1 is 1.56 bits per heavy atom. The zero-order valence-corrected chi connectivity index (χ0v) is 9.77. The number of hydrogen-bond acceptors (Lipinski definition) is 6. The molecule has 6 heteroatoms. The van der Waals surface area contributed by atoms with E-state index < -0.39 is 0 Å². The fourth-order valence-electron chi connectivity index (χ4n) is 1.97. The molecular formula is C10H18N4O2. The highest BCUT2D eigenvalue weighted by Crippen LogP contribution is 2.22. The third-order valence-corrected chi connectivity index (χ3v) is 2.74. The van der Waals surface area contributed by atoms with Crippen molar-refractivity contribution in [3.8, 4) is 0 Å². The zero-order chi connectivity index (χ0) is 11.4. The number of aromatic nitrogens is 2. The Morgan fingerprint density at radius 3 is 3.19 bits per heavy atom. The maximum absolute atomic E-state index is 5.53. The van der Waals surface area contributed by atoms with Gasteiger partial charge in [-0.1, -0.05) is 5.10 Å². The van der Waals surface area contributed by atoms with Gasteiger partial charge >= 0.3 is 6.01 Å². The van der Waals surface area contributed by atoms with Gasteiger partial charge in [-0.3, -0.25) is 0 Å². The summed E-state index contributed by atoms with van der Waals surface area (Å²) < 4.78 is 10.7. The van der Waals surface area contributed by atoms with Gasteiger partial charge in [-0.25, -0.2) is 0 Å². The van der Waals surface area contributed by atoms with Crippen molar-refractivity contribution in [1.82, 2.24) is 15.5 Å². The molecule has 90 valence electrons. The molecule has 0 aromatic carbocycles. The minimum absolute atomic E-state index is 0.574. The molecule has 1 aliphatic rings. The van der Waals surface area contributed by atoms with Crippen LogP contribution in [0.1, 0.15) is 12.3 Å². The molecular weight excluding hydrogens is 208 g/mol. The van der Waals surface area contributed by atoms with Gasteiger partial charge in [0.1, 0.15) is 0 Å². The monoisotopic (exact) mass is 226 g/mol. The quantitative estimate of drug-likeness (QED) is 0.777. The van der Waals surface area contributed by atoms with Crippen LogP contribution in [0.5, 0.6) is 0 Å². The SMILES string of the molecule is CNCc1nnc(N2CCC(COC)C2)o1. The van der Waals surface area contributed by atoms with Crippen LogP contribution < -0.4 is 10.2 Å². The van der Waals surface area contributed by atoms with E-state index in [4.69, 9.17) is 9.15 Å². The van der Waals surface area contributed by atoms with Gasteiger partial charge in [-0.2, -0.15) is 0 Å². The molecule has 1 N–H and O–H groups in total. The minimum Gasteiger partial charge on any atom is -0.407 e. The summed E-state index contributed by atoms with van der Waals surface area (Å²) in [5.74, 6) is 1.21. The van der Waals surface area contributed by atoms with Gasteiger partial charge in [0.15, 0.2) is 0 Å². The highest BCUT2D eigenvalue weighted by molar-refractivity contribution is 5.26. The Hall–Kier alpha value is -1.14. The van der Waals surface area contributed by atoms with E-state index in [9.17, 15) is 0 Å². The normalized spacial score (nSPS) is 20.6. The summed E-state index contributed by atoms with van der Waals surface area (Å²) in [6.45, 7) is 3.32. The first kappa shape index (κ1) is 11.3. The molecule has 1 atom stereocenters. The van der Waals surface area contributed by atoms with E-state index in [0.717, 1.165) is 26.1 Å². The zero-order valence-electron chi connectivity index (χ0n) is 9.77. The average Bonchev–Trinajstić information content (AvgIpc) is 2.87. The third-order valence-electron chi connectivity index (χ3n) is 2.74. The molecule has 1 aromatic heterocycles. The summed E-state index contributed by atoms with van der Waals surface area (Å²) in [5.41, 5.74) is 0. The van der Waals surface area contributed by atoms with Crippen molar-refractivity contribution < 1.29 is 9.15 Å². The number of hydrogen-bond donors (Lipinski definition) is 1. The Balaban J connectivity index is 1.92. The largest absolute Gasteiger partial charge is 0.407 e. The molecule has 2 rings (SSSR count). The molecule has 6 nitrogen and oxygen atoms in total. The Kier molecular flexibility index (Phi) is 3.74. The minimum atomic E-state index is 0.574. The molecule has 0 amide bonds. The van der Waals surface area contributed by atoms with Gasteiger partial charge in [-0.05, 0) is 13.5 Å². The van der Waals surface area contributed by atoms with E-state index in [1.54, 1.807) is 7.11 Å². The van der Waals surface area contributed by atoms with Crippen LogP contribution in [-0.2, 0) is 11.3 Å². The first-order chi connectivity index (χ1) is 7.83. The maximum atomic E-state index is 5.53. The number of nitrogens with zero attached hydrogens (tertiary/aromatic N) is 3. The van der Waals surface area contributed by atoms with Crippen molar-refractivity contribution in [3.63, 3.8) is 0 Å². The van der Waals surface area contributed by atoms with Crippen molar-refractivity contribution in [3.05, 3.63) is 5.89 Å². The Morgan fingerprint density at radius 2 is 2.44 bits per heavy atom. The molecule has 16 heavy (non-hydrogen) atoms. The molecule has 0 aliphatic carbocycles. The fourth-order valence-corrected chi connectivity index (χ4v) is 1.97. The molecule has 1 fully saturated rings. The summed E-state index contributed by atoms with van der Waals surface area (Å²) in [4.78, 5) is 2.12. The van der Waals surface area contributed by atoms with E-state index >= 15 is 0 Å². The molecule has 2 heterocycles. The molecule has 1 unspecified atom stereocenters. The van der Waals surface area contributed by atoms with E-state index in [1.165, 1.54) is 0 Å². The second-order valence-electron chi connectivity index (χ2n) is 4.06.